The Labute approximate surface area is 197 Å². The van der Waals surface area contributed by atoms with Gasteiger partial charge in [-0.1, -0.05) is 44.7 Å². The van der Waals surface area contributed by atoms with E-state index in [0.717, 1.165) is 12.8 Å². The lowest BCUT2D eigenvalue weighted by molar-refractivity contribution is -0.134. The molecule has 0 saturated heterocycles. The second kappa shape index (κ2) is 12.8. The van der Waals surface area contributed by atoms with Gasteiger partial charge in [0.15, 0.2) is 0 Å². The Bertz CT molecular complexity index is 952. The van der Waals surface area contributed by atoms with Crippen LogP contribution in [-0.4, -0.2) is 54.3 Å². The number of carbonyl (C=O) groups excluding carboxylic acids is 1. The van der Waals surface area contributed by atoms with Gasteiger partial charge in [0.25, 0.3) is 5.56 Å². The van der Waals surface area contributed by atoms with Crippen LogP contribution in [0.3, 0.4) is 0 Å². The van der Waals surface area contributed by atoms with Crippen molar-refractivity contribution in [2.24, 2.45) is 5.92 Å². The van der Waals surface area contributed by atoms with Crippen LogP contribution in [0.15, 0.2) is 29.1 Å². The van der Waals surface area contributed by atoms with Crippen molar-refractivity contribution in [3.8, 4) is 0 Å². The molecular formula is C26H39N3O4. The van der Waals surface area contributed by atoms with E-state index in [2.05, 4.69) is 6.92 Å². The minimum absolute atomic E-state index is 0.0821. The number of benzene rings is 1. The van der Waals surface area contributed by atoms with E-state index in [0.29, 0.717) is 61.8 Å². The van der Waals surface area contributed by atoms with Crippen LogP contribution in [0.2, 0.25) is 0 Å². The molecular weight excluding hydrogens is 418 g/mol. The number of hydrogen-bond donors (Lipinski definition) is 0. The van der Waals surface area contributed by atoms with E-state index in [1.54, 1.807) is 18.8 Å². The number of methoxy groups -OCH3 is 2. The van der Waals surface area contributed by atoms with Gasteiger partial charge in [0.2, 0.25) is 5.91 Å². The lowest BCUT2D eigenvalue weighted by atomic mass is 10.0. The predicted octanol–water partition coefficient (Wildman–Crippen LogP) is 4.33. The van der Waals surface area contributed by atoms with E-state index < -0.39 is 0 Å². The van der Waals surface area contributed by atoms with E-state index in [1.165, 1.54) is 25.7 Å². The first-order valence-corrected chi connectivity index (χ1v) is 12.4. The molecule has 2 aromatic rings. The third kappa shape index (κ3) is 6.42. The third-order valence-corrected chi connectivity index (χ3v) is 6.78. The zero-order valence-electron chi connectivity index (χ0n) is 20.4. The highest BCUT2D eigenvalue weighted by Crippen LogP contribution is 2.30. The Morgan fingerprint density at radius 2 is 1.91 bits per heavy atom. The van der Waals surface area contributed by atoms with E-state index in [9.17, 15) is 9.59 Å². The Kier molecular flexibility index (Phi) is 9.88. The molecule has 7 nitrogen and oxygen atoms in total. The Balaban J connectivity index is 1.96. The highest BCUT2D eigenvalue weighted by atomic mass is 16.5. The summed E-state index contributed by atoms with van der Waals surface area (Å²) in [6.07, 6.45) is 7.94. The normalized spacial score (nSPS) is 15.2. The number of aromatic nitrogens is 2. The molecule has 1 atom stereocenters. The summed E-state index contributed by atoms with van der Waals surface area (Å²) in [6, 6.07) is 7.15. The van der Waals surface area contributed by atoms with Crippen LogP contribution in [0, 0.1) is 5.92 Å². The van der Waals surface area contributed by atoms with Crippen molar-refractivity contribution in [3.05, 3.63) is 40.4 Å². The quantitative estimate of drug-likeness (QED) is 0.419. The second-order valence-electron chi connectivity index (χ2n) is 8.98. The van der Waals surface area contributed by atoms with Crippen molar-refractivity contribution >= 4 is 16.8 Å². The molecule has 0 bridgehead atoms. The van der Waals surface area contributed by atoms with Crippen LogP contribution in [0.1, 0.15) is 70.2 Å². The molecule has 1 amide bonds. The minimum atomic E-state index is -0.271. The summed E-state index contributed by atoms with van der Waals surface area (Å²) < 4.78 is 12.2. The fourth-order valence-corrected chi connectivity index (χ4v) is 4.98. The summed E-state index contributed by atoms with van der Waals surface area (Å²) in [7, 11) is 3.30. The molecule has 1 fully saturated rings. The largest absolute Gasteiger partial charge is 0.385 e. The number of amides is 1. The topological polar surface area (TPSA) is 73.7 Å². The number of carbonyl (C=O) groups is 1. The molecule has 3 rings (SSSR count). The molecule has 0 aliphatic heterocycles. The molecule has 1 unspecified atom stereocenters. The number of fused-ring (bicyclic) bond motifs is 1. The van der Waals surface area contributed by atoms with Crippen LogP contribution in [0.25, 0.3) is 10.9 Å². The molecule has 1 saturated carbocycles. The number of para-hydroxylation sites is 1. The number of ether oxygens (including phenoxy) is 2. The molecule has 1 aliphatic rings. The highest BCUT2D eigenvalue weighted by molar-refractivity contribution is 5.78. The van der Waals surface area contributed by atoms with Gasteiger partial charge >= 0.3 is 0 Å². The summed E-state index contributed by atoms with van der Waals surface area (Å²) in [5.41, 5.74) is 0.584. The first-order valence-electron chi connectivity index (χ1n) is 12.4. The SMILES string of the molecule is CCC(c1nc2ccccc2c(=O)n1CCOC)N(CCCOC)C(=O)CCC1CCCC1. The molecule has 1 aromatic carbocycles. The molecule has 1 aromatic heterocycles. The number of nitrogens with zero attached hydrogens (tertiary/aromatic N) is 3. The molecule has 1 heterocycles. The molecule has 33 heavy (non-hydrogen) atoms. The van der Waals surface area contributed by atoms with E-state index in [4.69, 9.17) is 14.5 Å². The summed E-state index contributed by atoms with van der Waals surface area (Å²) >= 11 is 0. The zero-order chi connectivity index (χ0) is 23.6. The van der Waals surface area contributed by atoms with Gasteiger partial charge in [-0.25, -0.2) is 4.98 Å². The lowest BCUT2D eigenvalue weighted by Gasteiger charge is -2.33. The fourth-order valence-electron chi connectivity index (χ4n) is 4.98. The zero-order valence-corrected chi connectivity index (χ0v) is 20.4. The highest BCUT2D eigenvalue weighted by Gasteiger charge is 2.29. The fraction of sp³-hybridized carbons (Fsp3) is 0.654. The van der Waals surface area contributed by atoms with Crippen LogP contribution in [0.4, 0.5) is 0 Å². The van der Waals surface area contributed by atoms with Crippen molar-refractivity contribution < 1.29 is 14.3 Å². The maximum absolute atomic E-state index is 13.5. The molecule has 0 N–H and O–H groups in total. The maximum atomic E-state index is 13.5. The Hall–Kier alpha value is -2.25. The summed E-state index contributed by atoms with van der Waals surface area (Å²) in [5.74, 6) is 1.45. The van der Waals surface area contributed by atoms with Crippen molar-refractivity contribution in [2.75, 3.05) is 34.0 Å². The molecule has 0 spiro atoms. The summed E-state index contributed by atoms with van der Waals surface area (Å²) in [6.45, 7) is 4.04. The van der Waals surface area contributed by atoms with Gasteiger partial charge in [0, 0.05) is 33.8 Å². The standard InChI is InChI=1S/C26H39N3O4/c1-4-23(28(16-9-18-32-2)24(30)15-14-20-10-5-6-11-20)25-27-22-13-8-7-12-21(22)26(31)29(25)17-19-33-3/h7-8,12-13,20,23H,4-6,9-11,14-19H2,1-3H3. The van der Waals surface area contributed by atoms with Crippen LogP contribution in [-0.2, 0) is 20.8 Å². The number of hydrogen-bond acceptors (Lipinski definition) is 5. The van der Waals surface area contributed by atoms with Crippen molar-refractivity contribution in [1.29, 1.82) is 0 Å². The van der Waals surface area contributed by atoms with E-state index in [-0.39, 0.29) is 17.5 Å². The summed E-state index contributed by atoms with van der Waals surface area (Å²) in [5, 5.41) is 0.589. The first kappa shape index (κ1) is 25.4. The smallest absolute Gasteiger partial charge is 0.261 e. The van der Waals surface area contributed by atoms with Crippen LogP contribution >= 0.6 is 0 Å². The first-order chi connectivity index (χ1) is 16.1. The van der Waals surface area contributed by atoms with Gasteiger partial charge in [-0.2, -0.15) is 0 Å². The average molecular weight is 458 g/mol. The van der Waals surface area contributed by atoms with Crippen LogP contribution < -0.4 is 5.56 Å². The van der Waals surface area contributed by atoms with E-state index >= 15 is 0 Å². The Morgan fingerprint density at radius 1 is 1.18 bits per heavy atom. The lowest BCUT2D eigenvalue weighted by Crippen LogP contribution is -2.40. The summed E-state index contributed by atoms with van der Waals surface area (Å²) in [4.78, 5) is 33.7. The van der Waals surface area contributed by atoms with Gasteiger partial charge in [-0.3, -0.25) is 14.2 Å². The van der Waals surface area contributed by atoms with Gasteiger partial charge in [0.1, 0.15) is 5.82 Å². The van der Waals surface area contributed by atoms with Gasteiger partial charge in [0.05, 0.1) is 30.1 Å². The van der Waals surface area contributed by atoms with Crippen molar-refractivity contribution in [2.45, 2.75) is 70.9 Å². The van der Waals surface area contributed by atoms with Gasteiger partial charge in [-0.15, -0.1) is 0 Å². The Morgan fingerprint density at radius 3 is 2.61 bits per heavy atom. The van der Waals surface area contributed by atoms with Crippen molar-refractivity contribution in [3.63, 3.8) is 0 Å². The van der Waals surface area contributed by atoms with E-state index in [1.807, 2.05) is 29.2 Å². The molecule has 0 radical (unpaired) electrons. The molecule has 1 aliphatic carbocycles. The van der Waals surface area contributed by atoms with Crippen LogP contribution in [0.5, 0.6) is 0 Å². The molecule has 7 heteroatoms. The monoisotopic (exact) mass is 457 g/mol. The maximum Gasteiger partial charge on any atom is 0.261 e. The minimum Gasteiger partial charge on any atom is -0.385 e. The second-order valence-corrected chi connectivity index (χ2v) is 8.98. The average Bonchev–Trinajstić information content (AvgIpc) is 3.35. The van der Waals surface area contributed by atoms with Gasteiger partial charge in [-0.05, 0) is 37.3 Å². The third-order valence-electron chi connectivity index (χ3n) is 6.78. The predicted molar refractivity (Wildman–Crippen MR) is 130 cm³/mol. The van der Waals surface area contributed by atoms with Gasteiger partial charge < -0.3 is 14.4 Å². The molecule has 182 valence electrons. The van der Waals surface area contributed by atoms with Crippen molar-refractivity contribution in [1.82, 2.24) is 14.5 Å². The number of rotatable bonds is 13.